The predicted molar refractivity (Wildman–Crippen MR) is 100.0 cm³/mol. The Bertz CT molecular complexity index is 942. The molecule has 0 aromatic heterocycles. The number of nitrogens with zero attached hydrogens (tertiary/aromatic N) is 1. The highest BCUT2D eigenvalue weighted by molar-refractivity contribution is 7.89. The lowest BCUT2D eigenvalue weighted by Crippen LogP contribution is -2.41. The van der Waals surface area contributed by atoms with E-state index in [-0.39, 0.29) is 28.8 Å². The molecule has 0 aliphatic carbocycles. The maximum Gasteiger partial charge on any atom is 0.314 e. The van der Waals surface area contributed by atoms with Crippen molar-refractivity contribution in [2.24, 2.45) is 5.92 Å². The van der Waals surface area contributed by atoms with Crippen molar-refractivity contribution in [2.45, 2.75) is 17.7 Å². The van der Waals surface area contributed by atoms with Crippen LogP contribution in [0.25, 0.3) is 0 Å². The standard InChI is InChI=1S/C18H16Cl2FNO4S/c19-16-6-3-14(11-17(16)20)26-18(23)12-7-9-22(10-8-12)27(24,25)15-4-1-13(21)2-5-15/h1-6,11-12H,7-10H2. The number of benzene rings is 2. The summed E-state index contributed by atoms with van der Waals surface area (Å²) in [6.07, 6.45) is 0.668. The van der Waals surface area contributed by atoms with Gasteiger partial charge >= 0.3 is 5.97 Å². The summed E-state index contributed by atoms with van der Waals surface area (Å²) in [6, 6.07) is 9.20. The largest absolute Gasteiger partial charge is 0.426 e. The molecule has 1 heterocycles. The van der Waals surface area contributed by atoms with Gasteiger partial charge < -0.3 is 4.74 Å². The number of rotatable bonds is 4. The number of hydrogen-bond acceptors (Lipinski definition) is 4. The molecule has 0 bridgehead atoms. The van der Waals surface area contributed by atoms with Gasteiger partial charge in [-0.15, -0.1) is 0 Å². The second-order valence-corrected chi connectivity index (χ2v) is 8.88. The summed E-state index contributed by atoms with van der Waals surface area (Å²) >= 11 is 11.7. The number of esters is 1. The van der Waals surface area contributed by atoms with Gasteiger partial charge in [-0.05, 0) is 49.2 Å². The van der Waals surface area contributed by atoms with Crippen molar-refractivity contribution in [3.05, 3.63) is 58.3 Å². The maximum atomic E-state index is 13.0. The van der Waals surface area contributed by atoms with Gasteiger partial charge in [0.05, 0.1) is 20.9 Å². The van der Waals surface area contributed by atoms with Crippen LogP contribution in [-0.2, 0) is 14.8 Å². The third-order valence-electron chi connectivity index (χ3n) is 4.35. The molecule has 0 radical (unpaired) electrons. The van der Waals surface area contributed by atoms with Gasteiger partial charge in [-0.3, -0.25) is 4.79 Å². The number of sulfonamides is 1. The Morgan fingerprint density at radius 1 is 1.04 bits per heavy atom. The van der Waals surface area contributed by atoms with E-state index in [0.717, 1.165) is 12.1 Å². The Balaban J connectivity index is 1.61. The molecule has 27 heavy (non-hydrogen) atoms. The molecular formula is C18H16Cl2FNO4S. The number of carbonyl (C=O) groups excluding carboxylic acids is 1. The van der Waals surface area contributed by atoms with Gasteiger partial charge in [0.1, 0.15) is 11.6 Å². The average molecular weight is 432 g/mol. The fraction of sp³-hybridized carbons (Fsp3) is 0.278. The van der Waals surface area contributed by atoms with Gasteiger partial charge in [-0.25, -0.2) is 12.8 Å². The summed E-state index contributed by atoms with van der Waals surface area (Å²) < 4.78 is 44.8. The zero-order valence-electron chi connectivity index (χ0n) is 14.1. The first kappa shape index (κ1) is 20.1. The van der Waals surface area contributed by atoms with Crippen molar-refractivity contribution in [1.29, 1.82) is 0 Å². The molecule has 0 N–H and O–H groups in total. The van der Waals surface area contributed by atoms with Crippen molar-refractivity contribution in [3.63, 3.8) is 0 Å². The van der Waals surface area contributed by atoms with Crippen LogP contribution < -0.4 is 4.74 Å². The van der Waals surface area contributed by atoms with Crippen LogP contribution in [0, 0.1) is 11.7 Å². The molecule has 0 saturated carbocycles. The summed E-state index contributed by atoms with van der Waals surface area (Å²) in [5.74, 6) is -1.07. The van der Waals surface area contributed by atoms with E-state index in [9.17, 15) is 17.6 Å². The van der Waals surface area contributed by atoms with Crippen LogP contribution in [0.3, 0.4) is 0 Å². The lowest BCUT2D eigenvalue weighted by molar-refractivity contribution is -0.140. The molecule has 1 saturated heterocycles. The second kappa shape index (κ2) is 8.14. The number of piperidine rings is 1. The Morgan fingerprint density at radius 2 is 1.67 bits per heavy atom. The maximum absolute atomic E-state index is 13.0. The fourth-order valence-electron chi connectivity index (χ4n) is 2.83. The molecule has 3 rings (SSSR count). The molecule has 0 unspecified atom stereocenters. The molecule has 0 atom stereocenters. The normalized spacial score (nSPS) is 16.3. The Hall–Kier alpha value is -1.67. The first-order valence-electron chi connectivity index (χ1n) is 8.20. The van der Waals surface area contributed by atoms with Crippen molar-refractivity contribution < 1.29 is 22.3 Å². The molecule has 2 aromatic carbocycles. The molecule has 1 aliphatic heterocycles. The first-order chi connectivity index (χ1) is 12.8. The van der Waals surface area contributed by atoms with E-state index >= 15 is 0 Å². The molecule has 1 aliphatic rings. The SMILES string of the molecule is O=C(Oc1ccc(Cl)c(Cl)c1)C1CCN(S(=O)(=O)c2ccc(F)cc2)CC1. The zero-order valence-corrected chi connectivity index (χ0v) is 16.4. The quantitative estimate of drug-likeness (QED) is 0.538. The van der Waals surface area contributed by atoms with Crippen LogP contribution in [0.5, 0.6) is 5.75 Å². The van der Waals surface area contributed by atoms with Gasteiger partial charge in [0.2, 0.25) is 10.0 Å². The predicted octanol–water partition coefficient (Wildman–Crippen LogP) is 4.14. The molecular weight excluding hydrogens is 416 g/mol. The van der Waals surface area contributed by atoms with Gasteiger partial charge in [0, 0.05) is 19.2 Å². The Labute approximate surface area is 166 Å². The highest BCUT2D eigenvalue weighted by Crippen LogP contribution is 2.29. The summed E-state index contributed by atoms with van der Waals surface area (Å²) in [6.45, 7) is 0.363. The van der Waals surface area contributed by atoms with Crippen LogP contribution in [0.4, 0.5) is 4.39 Å². The Kier molecular flexibility index (Phi) is 6.05. The van der Waals surface area contributed by atoms with E-state index in [2.05, 4.69) is 0 Å². The number of carbonyl (C=O) groups is 1. The van der Waals surface area contributed by atoms with E-state index in [1.165, 1.54) is 28.6 Å². The van der Waals surface area contributed by atoms with E-state index in [1.807, 2.05) is 0 Å². The zero-order chi connectivity index (χ0) is 19.6. The van der Waals surface area contributed by atoms with Crippen LogP contribution in [0.1, 0.15) is 12.8 Å². The van der Waals surface area contributed by atoms with Crippen LogP contribution in [-0.4, -0.2) is 31.8 Å². The molecule has 9 heteroatoms. The molecule has 2 aromatic rings. The van der Waals surface area contributed by atoms with Crippen LogP contribution >= 0.6 is 23.2 Å². The second-order valence-electron chi connectivity index (χ2n) is 6.13. The highest BCUT2D eigenvalue weighted by atomic mass is 35.5. The minimum absolute atomic E-state index is 0.0285. The summed E-state index contributed by atoms with van der Waals surface area (Å²) in [5.41, 5.74) is 0. The summed E-state index contributed by atoms with van der Waals surface area (Å²) in [4.78, 5) is 12.3. The smallest absolute Gasteiger partial charge is 0.314 e. The number of ether oxygens (including phenoxy) is 1. The summed E-state index contributed by atoms with van der Waals surface area (Å²) in [5, 5.41) is 0.637. The lowest BCUT2D eigenvalue weighted by atomic mass is 9.98. The fourth-order valence-corrected chi connectivity index (χ4v) is 4.59. The van der Waals surface area contributed by atoms with Crippen molar-refractivity contribution >= 4 is 39.2 Å². The van der Waals surface area contributed by atoms with Crippen LogP contribution in [0.2, 0.25) is 10.0 Å². The minimum Gasteiger partial charge on any atom is -0.426 e. The van der Waals surface area contributed by atoms with Gasteiger partial charge in [-0.2, -0.15) is 4.31 Å². The lowest BCUT2D eigenvalue weighted by Gasteiger charge is -2.30. The summed E-state index contributed by atoms with van der Waals surface area (Å²) in [7, 11) is -3.71. The third-order valence-corrected chi connectivity index (χ3v) is 7.00. The van der Waals surface area contributed by atoms with Gasteiger partial charge in [-0.1, -0.05) is 23.2 Å². The Morgan fingerprint density at radius 3 is 2.26 bits per heavy atom. The van der Waals surface area contributed by atoms with Gasteiger partial charge in [0.25, 0.3) is 0 Å². The number of hydrogen-bond donors (Lipinski definition) is 0. The van der Waals surface area contributed by atoms with Crippen molar-refractivity contribution in [3.8, 4) is 5.75 Å². The first-order valence-corrected chi connectivity index (χ1v) is 10.4. The van der Waals surface area contributed by atoms with E-state index in [0.29, 0.717) is 17.9 Å². The van der Waals surface area contributed by atoms with E-state index < -0.39 is 27.7 Å². The minimum atomic E-state index is -3.71. The van der Waals surface area contributed by atoms with Gasteiger partial charge in [0.15, 0.2) is 0 Å². The third kappa shape index (κ3) is 4.60. The molecule has 1 fully saturated rings. The van der Waals surface area contributed by atoms with Crippen molar-refractivity contribution in [1.82, 2.24) is 4.31 Å². The highest BCUT2D eigenvalue weighted by Gasteiger charge is 2.33. The van der Waals surface area contributed by atoms with E-state index in [4.69, 9.17) is 27.9 Å². The molecule has 144 valence electrons. The topological polar surface area (TPSA) is 63.7 Å². The monoisotopic (exact) mass is 431 g/mol. The molecule has 0 spiro atoms. The molecule has 5 nitrogen and oxygen atoms in total. The van der Waals surface area contributed by atoms with Crippen LogP contribution in [0.15, 0.2) is 47.4 Å². The molecule has 0 amide bonds. The van der Waals surface area contributed by atoms with Crippen molar-refractivity contribution in [2.75, 3.05) is 13.1 Å². The number of halogens is 3. The van der Waals surface area contributed by atoms with E-state index in [1.54, 1.807) is 6.07 Å². The average Bonchev–Trinajstić information content (AvgIpc) is 2.65.